The van der Waals surface area contributed by atoms with Gasteiger partial charge in [-0.25, -0.2) is 0 Å². The summed E-state index contributed by atoms with van der Waals surface area (Å²) >= 11 is 9.35. The molecule has 1 aromatic heterocycles. The number of benzene rings is 1. The van der Waals surface area contributed by atoms with Crippen molar-refractivity contribution >= 4 is 35.1 Å². The van der Waals surface area contributed by atoms with Crippen molar-refractivity contribution in [2.24, 2.45) is 5.73 Å². The maximum absolute atomic E-state index is 6.03. The van der Waals surface area contributed by atoms with Crippen LogP contribution in [0, 0.1) is 0 Å². The topological polar surface area (TPSA) is 64.9 Å². The van der Waals surface area contributed by atoms with Crippen molar-refractivity contribution in [1.29, 1.82) is 0 Å². The van der Waals surface area contributed by atoms with Crippen LogP contribution >= 0.6 is 35.1 Å². The Labute approximate surface area is 130 Å². The smallest absolute Gasteiger partial charge is 0.232 e. The van der Waals surface area contributed by atoms with Crippen LogP contribution < -0.4 is 5.73 Å². The molecule has 2 unspecified atom stereocenters. The van der Waals surface area contributed by atoms with E-state index >= 15 is 0 Å². The van der Waals surface area contributed by atoms with E-state index in [1.807, 2.05) is 36.0 Å². The number of hydrogen-bond acceptors (Lipinski definition) is 6. The van der Waals surface area contributed by atoms with Crippen LogP contribution in [0.25, 0.3) is 0 Å². The van der Waals surface area contributed by atoms with Gasteiger partial charge in [-0.1, -0.05) is 16.8 Å². The highest BCUT2D eigenvalue weighted by Crippen LogP contribution is 2.31. The number of nitrogens with two attached hydrogens (primary N) is 1. The van der Waals surface area contributed by atoms with E-state index in [0.717, 1.165) is 21.4 Å². The molecule has 1 saturated heterocycles. The SMILES string of the molecule is NC1CSCC1c1nc(CSc2ccc(Cl)cc2)no1. The van der Waals surface area contributed by atoms with Crippen molar-refractivity contribution in [2.45, 2.75) is 22.6 Å². The highest BCUT2D eigenvalue weighted by molar-refractivity contribution is 7.99. The summed E-state index contributed by atoms with van der Waals surface area (Å²) in [4.78, 5) is 5.59. The summed E-state index contributed by atoms with van der Waals surface area (Å²) in [5.74, 6) is 4.19. The normalized spacial score (nSPS) is 22.3. The molecule has 4 nitrogen and oxygen atoms in total. The van der Waals surface area contributed by atoms with Gasteiger partial charge in [0.15, 0.2) is 5.82 Å². The summed E-state index contributed by atoms with van der Waals surface area (Å²) in [6.07, 6.45) is 0. The number of hydrogen-bond donors (Lipinski definition) is 1. The zero-order valence-electron chi connectivity index (χ0n) is 10.7. The van der Waals surface area contributed by atoms with Crippen LogP contribution in [0.15, 0.2) is 33.7 Å². The van der Waals surface area contributed by atoms with Crippen molar-refractivity contribution in [3.8, 4) is 0 Å². The second-order valence-electron chi connectivity index (χ2n) is 4.60. The minimum atomic E-state index is 0.122. The fourth-order valence-corrected chi connectivity index (χ4v) is 4.13. The van der Waals surface area contributed by atoms with E-state index in [9.17, 15) is 0 Å². The Kier molecular flexibility index (Phi) is 4.55. The van der Waals surface area contributed by atoms with Gasteiger partial charge in [-0.3, -0.25) is 0 Å². The molecular weight excluding hydrogens is 314 g/mol. The number of thioether (sulfide) groups is 2. The Balaban J connectivity index is 1.61. The average Bonchev–Trinajstić information content (AvgIpc) is 3.06. The highest BCUT2D eigenvalue weighted by Gasteiger charge is 2.30. The Morgan fingerprint density at radius 2 is 2.15 bits per heavy atom. The maximum atomic E-state index is 6.03. The molecule has 106 valence electrons. The van der Waals surface area contributed by atoms with Gasteiger partial charge >= 0.3 is 0 Å². The highest BCUT2D eigenvalue weighted by atomic mass is 35.5. The molecule has 2 heterocycles. The first kappa shape index (κ1) is 14.3. The first-order valence-corrected chi connectivity index (χ1v) is 8.78. The second kappa shape index (κ2) is 6.39. The fourth-order valence-electron chi connectivity index (χ4n) is 1.98. The van der Waals surface area contributed by atoms with Gasteiger partial charge in [0.05, 0.1) is 11.7 Å². The molecule has 1 aliphatic rings. The van der Waals surface area contributed by atoms with E-state index in [0.29, 0.717) is 17.5 Å². The van der Waals surface area contributed by atoms with E-state index in [1.54, 1.807) is 11.8 Å². The quantitative estimate of drug-likeness (QED) is 0.870. The lowest BCUT2D eigenvalue weighted by Gasteiger charge is -2.07. The summed E-state index contributed by atoms with van der Waals surface area (Å²) in [5.41, 5.74) is 6.03. The van der Waals surface area contributed by atoms with E-state index in [1.165, 1.54) is 0 Å². The zero-order valence-corrected chi connectivity index (χ0v) is 13.0. The third kappa shape index (κ3) is 3.31. The predicted octanol–water partition coefficient (Wildman–Crippen LogP) is 3.17. The van der Waals surface area contributed by atoms with Crippen LogP contribution in [0.3, 0.4) is 0 Å². The standard InChI is InChI=1S/C13H14ClN3OS2/c14-8-1-3-9(4-2-8)20-7-12-16-13(18-17-12)10-5-19-6-11(10)15/h1-4,10-11H,5-7,15H2. The Morgan fingerprint density at radius 3 is 2.85 bits per heavy atom. The van der Waals surface area contributed by atoms with Gasteiger partial charge in [0.2, 0.25) is 5.89 Å². The molecule has 2 N–H and O–H groups in total. The lowest BCUT2D eigenvalue weighted by atomic mass is 10.1. The molecule has 0 aliphatic carbocycles. The average molecular weight is 328 g/mol. The van der Waals surface area contributed by atoms with Crippen molar-refractivity contribution in [3.63, 3.8) is 0 Å². The molecule has 0 bridgehead atoms. The van der Waals surface area contributed by atoms with Gasteiger partial charge < -0.3 is 10.3 Å². The third-order valence-electron chi connectivity index (χ3n) is 3.11. The van der Waals surface area contributed by atoms with Gasteiger partial charge in [0.25, 0.3) is 0 Å². The molecule has 7 heteroatoms. The molecule has 0 amide bonds. The molecule has 1 aromatic carbocycles. The Morgan fingerprint density at radius 1 is 1.35 bits per heavy atom. The predicted molar refractivity (Wildman–Crippen MR) is 83.4 cm³/mol. The summed E-state index contributed by atoms with van der Waals surface area (Å²) in [6.45, 7) is 0. The van der Waals surface area contributed by atoms with Crippen molar-refractivity contribution in [1.82, 2.24) is 10.1 Å². The molecule has 1 aliphatic heterocycles. The van der Waals surface area contributed by atoms with E-state index < -0.39 is 0 Å². The summed E-state index contributed by atoms with van der Waals surface area (Å²) in [7, 11) is 0. The summed E-state index contributed by atoms with van der Waals surface area (Å²) < 4.78 is 5.34. The monoisotopic (exact) mass is 327 g/mol. The van der Waals surface area contributed by atoms with Gasteiger partial charge in [0.1, 0.15) is 0 Å². The van der Waals surface area contributed by atoms with Crippen LogP contribution in [-0.2, 0) is 5.75 Å². The lowest BCUT2D eigenvalue weighted by molar-refractivity contribution is 0.349. The number of rotatable bonds is 4. The van der Waals surface area contributed by atoms with Crippen LogP contribution in [0.5, 0.6) is 0 Å². The molecule has 2 atom stereocenters. The van der Waals surface area contributed by atoms with Crippen LogP contribution in [-0.4, -0.2) is 27.7 Å². The number of aromatic nitrogens is 2. The summed E-state index contributed by atoms with van der Waals surface area (Å²) in [6, 6.07) is 7.84. The first-order valence-electron chi connectivity index (χ1n) is 6.26. The van der Waals surface area contributed by atoms with Crippen molar-refractivity contribution in [2.75, 3.05) is 11.5 Å². The van der Waals surface area contributed by atoms with E-state index in [4.69, 9.17) is 21.9 Å². The van der Waals surface area contributed by atoms with Crippen molar-refractivity contribution in [3.05, 3.63) is 41.0 Å². The van der Waals surface area contributed by atoms with E-state index in [-0.39, 0.29) is 12.0 Å². The molecule has 0 saturated carbocycles. The van der Waals surface area contributed by atoms with Gasteiger partial charge in [0, 0.05) is 27.5 Å². The summed E-state index contributed by atoms with van der Waals surface area (Å²) in [5, 5.41) is 4.77. The molecule has 0 spiro atoms. The number of halogens is 1. The molecule has 2 aromatic rings. The van der Waals surface area contributed by atoms with Gasteiger partial charge in [-0.15, -0.1) is 11.8 Å². The van der Waals surface area contributed by atoms with Gasteiger partial charge in [-0.2, -0.15) is 16.7 Å². The van der Waals surface area contributed by atoms with Crippen LogP contribution in [0.4, 0.5) is 0 Å². The molecule has 3 rings (SSSR count). The minimum Gasteiger partial charge on any atom is -0.339 e. The van der Waals surface area contributed by atoms with Gasteiger partial charge in [-0.05, 0) is 24.3 Å². The van der Waals surface area contributed by atoms with E-state index in [2.05, 4.69) is 10.1 Å². The molecule has 0 radical (unpaired) electrons. The lowest BCUT2D eigenvalue weighted by Crippen LogP contribution is -2.26. The zero-order chi connectivity index (χ0) is 13.9. The second-order valence-corrected chi connectivity index (χ2v) is 7.16. The number of nitrogens with zero attached hydrogens (tertiary/aromatic N) is 2. The molecular formula is C13H14ClN3OS2. The maximum Gasteiger partial charge on any atom is 0.232 e. The Bertz CT molecular complexity index is 575. The largest absolute Gasteiger partial charge is 0.339 e. The third-order valence-corrected chi connectivity index (χ3v) is 5.58. The molecule has 1 fully saturated rings. The fraction of sp³-hybridized carbons (Fsp3) is 0.385. The molecule has 20 heavy (non-hydrogen) atoms. The Hall–Kier alpha value is -0.690. The first-order chi connectivity index (χ1) is 9.72. The van der Waals surface area contributed by atoms with Crippen LogP contribution in [0.1, 0.15) is 17.6 Å². The van der Waals surface area contributed by atoms with Crippen LogP contribution in [0.2, 0.25) is 5.02 Å². The minimum absolute atomic E-state index is 0.122. The van der Waals surface area contributed by atoms with Crippen molar-refractivity contribution < 1.29 is 4.52 Å².